The molecule has 3 aromatic heterocycles. The molecule has 290 valence electrons. The summed E-state index contributed by atoms with van der Waals surface area (Å²) >= 11 is 1.84. The molecule has 2 fully saturated rings. The minimum absolute atomic E-state index is 0.00342. The number of nitrogens with two attached hydrogens (primary N) is 1. The van der Waals surface area contributed by atoms with E-state index in [9.17, 15) is 0 Å². The van der Waals surface area contributed by atoms with Crippen molar-refractivity contribution in [1.82, 2.24) is 19.7 Å². The number of anilines is 1. The van der Waals surface area contributed by atoms with Gasteiger partial charge in [0.25, 0.3) is 0 Å². The Labute approximate surface area is 323 Å². The van der Waals surface area contributed by atoms with Gasteiger partial charge in [0.05, 0.1) is 17.2 Å². The van der Waals surface area contributed by atoms with Crippen molar-refractivity contribution in [2.24, 2.45) is 5.92 Å². The minimum atomic E-state index is -2.31. The number of nitrogen functional groups attached to an aromatic ring is 1. The van der Waals surface area contributed by atoms with Crippen LogP contribution in [0.25, 0.3) is 22.4 Å². The molecule has 1 saturated heterocycles. The molecule has 6 rings (SSSR count). The molecule has 0 radical (unpaired) electrons. The number of benzene rings is 1. The standard InChI is InChI=1S/C41H63N5O4SSi2/c1-27-31(34(48-45-27)29-20-16-13-17-21-29)24-51-25-32-35(49-52(8,9)40(2,3)4)36(50-53(10,11)41(5,6)7)39(47-32)46-23-30(22-28-18-14-12-15-19-28)33-37(42)43-26-44-38(33)46/h13,16-17,20-21,23,26,28,32,35-36,39H,12,14-15,18-19,22,24-25H2,1-11H3,(H2,42,43,44)/t32-,35-,36-,39-/m1/s1. The molecule has 9 nitrogen and oxygen atoms in total. The van der Waals surface area contributed by atoms with Crippen molar-refractivity contribution in [3.8, 4) is 11.3 Å². The normalized spacial score (nSPS) is 22.2. The lowest BCUT2D eigenvalue weighted by atomic mass is 9.85. The third-order valence-corrected chi connectivity index (χ3v) is 22.5. The second kappa shape index (κ2) is 15.6. The van der Waals surface area contributed by atoms with Gasteiger partial charge in [-0.15, -0.1) is 0 Å². The molecule has 53 heavy (non-hydrogen) atoms. The molecule has 0 spiro atoms. The Morgan fingerprint density at radius 1 is 0.906 bits per heavy atom. The van der Waals surface area contributed by atoms with Crippen molar-refractivity contribution in [3.05, 3.63) is 59.7 Å². The summed E-state index contributed by atoms with van der Waals surface area (Å²) in [6.07, 6.45) is 9.90. The second-order valence-electron chi connectivity index (χ2n) is 18.4. The van der Waals surface area contributed by atoms with Crippen LogP contribution < -0.4 is 5.73 Å². The van der Waals surface area contributed by atoms with Gasteiger partial charge in [-0.3, -0.25) is 0 Å². The summed E-state index contributed by atoms with van der Waals surface area (Å²) in [5, 5.41) is 5.30. The van der Waals surface area contributed by atoms with Crippen molar-refractivity contribution in [2.75, 3.05) is 11.5 Å². The van der Waals surface area contributed by atoms with E-state index in [-0.39, 0.29) is 28.4 Å². The predicted molar refractivity (Wildman–Crippen MR) is 223 cm³/mol. The number of rotatable bonds is 12. The lowest BCUT2D eigenvalue weighted by Gasteiger charge is -2.44. The highest BCUT2D eigenvalue weighted by molar-refractivity contribution is 7.98. The van der Waals surface area contributed by atoms with Crippen LogP contribution in [0.4, 0.5) is 5.82 Å². The van der Waals surface area contributed by atoms with Crippen molar-refractivity contribution in [2.45, 2.75) is 154 Å². The number of ether oxygens (including phenoxy) is 1. The smallest absolute Gasteiger partial charge is 0.192 e. The van der Waals surface area contributed by atoms with Gasteiger partial charge in [0.2, 0.25) is 0 Å². The van der Waals surface area contributed by atoms with E-state index < -0.39 is 22.9 Å². The topological polar surface area (TPSA) is 110 Å². The number of nitrogens with zero attached hydrogens (tertiary/aromatic N) is 4. The van der Waals surface area contributed by atoms with E-state index >= 15 is 0 Å². The van der Waals surface area contributed by atoms with Crippen molar-refractivity contribution < 1.29 is 18.1 Å². The molecule has 4 aromatic rings. The van der Waals surface area contributed by atoms with Gasteiger partial charge in [-0.05, 0) is 61.1 Å². The van der Waals surface area contributed by atoms with E-state index in [1.165, 1.54) is 37.7 Å². The molecule has 4 atom stereocenters. The molecule has 0 bridgehead atoms. The maximum absolute atomic E-state index is 7.50. The van der Waals surface area contributed by atoms with Crippen LogP contribution >= 0.6 is 11.8 Å². The molecule has 1 saturated carbocycles. The number of hydrogen-bond donors (Lipinski definition) is 1. The van der Waals surface area contributed by atoms with E-state index in [0.717, 1.165) is 51.5 Å². The zero-order valence-corrected chi connectivity index (χ0v) is 36.8. The maximum Gasteiger partial charge on any atom is 0.192 e. The van der Waals surface area contributed by atoms with Gasteiger partial charge in [-0.1, -0.05) is 109 Å². The Balaban J connectivity index is 1.40. The highest BCUT2D eigenvalue weighted by atomic mass is 32.2. The number of fused-ring (bicyclic) bond motifs is 1. The van der Waals surface area contributed by atoms with Gasteiger partial charge in [0.15, 0.2) is 28.6 Å². The molecule has 4 heterocycles. The van der Waals surface area contributed by atoms with Gasteiger partial charge < -0.3 is 28.4 Å². The van der Waals surface area contributed by atoms with Crippen LogP contribution in [-0.4, -0.2) is 60.4 Å². The van der Waals surface area contributed by atoms with Crippen molar-refractivity contribution >= 4 is 45.2 Å². The maximum atomic E-state index is 7.50. The largest absolute Gasteiger partial charge is 0.408 e. The van der Waals surface area contributed by atoms with E-state index in [1.54, 1.807) is 6.33 Å². The Kier molecular flexibility index (Phi) is 11.8. The summed E-state index contributed by atoms with van der Waals surface area (Å²) in [5.41, 5.74) is 11.7. The Morgan fingerprint density at radius 3 is 2.19 bits per heavy atom. The molecule has 12 heteroatoms. The Bertz CT molecular complexity index is 1840. The fourth-order valence-electron chi connectivity index (χ4n) is 7.26. The lowest BCUT2D eigenvalue weighted by Crippen LogP contribution is -2.53. The Hall–Kier alpha value is -2.49. The minimum Gasteiger partial charge on any atom is -0.408 e. The summed E-state index contributed by atoms with van der Waals surface area (Å²) in [5.74, 6) is 3.45. The third-order valence-electron chi connectivity index (χ3n) is 12.5. The van der Waals surface area contributed by atoms with Crippen LogP contribution in [0.3, 0.4) is 0 Å². The first-order valence-electron chi connectivity index (χ1n) is 19.6. The zero-order valence-electron chi connectivity index (χ0n) is 34.0. The van der Waals surface area contributed by atoms with Crippen molar-refractivity contribution in [3.63, 3.8) is 0 Å². The number of hydrogen-bond acceptors (Lipinski definition) is 9. The molecular formula is C41H63N5O4SSi2. The average molecular weight is 778 g/mol. The SMILES string of the molecule is Cc1noc(-c2ccccc2)c1CSC[C@H]1O[C@@H](n2cc(CC3CCCCC3)c3c(N)ncnc32)[C@H](O[Si](C)(C)C(C)(C)C)[C@@H]1O[Si](C)(C)C(C)(C)C. The second-order valence-corrected chi connectivity index (χ2v) is 29.0. The predicted octanol–water partition coefficient (Wildman–Crippen LogP) is 10.7. The summed E-state index contributed by atoms with van der Waals surface area (Å²) in [6.45, 7) is 25.2. The monoisotopic (exact) mass is 777 g/mol. The van der Waals surface area contributed by atoms with Crippen LogP contribution in [0.5, 0.6) is 0 Å². The fraction of sp³-hybridized carbons (Fsp3) is 0.634. The quantitative estimate of drug-likeness (QED) is 0.141. The fourth-order valence-corrected chi connectivity index (χ4v) is 11.0. The molecule has 1 aromatic carbocycles. The summed E-state index contributed by atoms with van der Waals surface area (Å²) < 4.78 is 30.3. The average Bonchev–Trinajstić information content (AvgIpc) is 3.74. The lowest BCUT2D eigenvalue weighted by molar-refractivity contribution is -0.0245. The summed E-state index contributed by atoms with van der Waals surface area (Å²) in [4.78, 5) is 9.35. The molecule has 2 aliphatic rings. The van der Waals surface area contributed by atoms with Crippen LogP contribution in [-0.2, 0) is 25.8 Å². The van der Waals surface area contributed by atoms with E-state index in [0.29, 0.717) is 11.7 Å². The molecule has 1 aliphatic carbocycles. The molecule has 1 aliphatic heterocycles. The zero-order chi connectivity index (χ0) is 38.3. The first-order valence-corrected chi connectivity index (χ1v) is 26.5. The first kappa shape index (κ1) is 40.2. The molecule has 0 unspecified atom stereocenters. The van der Waals surface area contributed by atoms with Crippen LogP contribution in [0.2, 0.25) is 36.3 Å². The van der Waals surface area contributed by atoms with Crippen LogP contribution in [0, 0.1) is 12.8 Å². The van der Waals surface area contributed by atoms with Crippen LogP contribution in [0.1, 0.15) is 96.7 Å². The van der Waals surface area contributed by atoms with Gasteiger partial charge in [-0.25, -0.2) is 9.97 Å². The molecule has 2 N–H and O–H groups in total. The number of aryl methyl sites for hydroxylation is 1. The highest BCUT2D eigenvalue weighted by Gasteiger charge is 2.54. The van der Waals surface area contributed by atoms with Gasteiger partial charge >= 0.3 is 0 Å². The summed E-state index contributed by atoms with van der Waals surface area (Å²) in [6, 6.07) is 10.2. The molecule has 0 amide bonds. The van der Waals surface area contributed by atoms with E-state index in [2.05, 4.69) is 101 Å². The van der Waals surface area contributed by atoms with Gasteiger partial charge in [-0.2, -0.15) is 11.8 Å². The van der Waals surface area contributed by atoms with Crippen LogP contribution in [0.15, 0.2) is 47.4 Å². The van der Waals surface area contributed by atoms with Gasteiger partial charge in [0, 0.05) is 28.8 Å². The number of aromatic nitrogens is 4. The molecular weight excluding hydrogens is 715 g/mol. The number of thioether (sulfide) groups is 1. The summed E-state index contributed by atoms with van der Waals surface area (Å²) in [7, 11) is -4.59. The van der Waals surface area contributed by atoms with Crippen molar-refractivity contribution in [1.29, 1.82) is 0 Å². The Morgan fingerprint density at radius 2 is 1.55 bits per heavy atom. The third kappa shape index (κ3) is 8.52. The van der Waals surface area contributed by atoms with Gasteiger partial charge in [0.1, 0.15) is 30.0 Å². The highest BCUT2D eigenvalue weighted by Crippen LogP contribution is 2.47. The van der Waals surface area contributed by atoms with E-state index in [1.807, 2.05) is 36.9 Å². The van der Waals surface area contributed by atoms with E-state index in [4.69, 9.17) is 28.8 Å². The first-order chi connectivity index (χ1) is 24.9.